The molecule has 0 saturated heterocycles. The first-order chi connectivity index (χ1) is 16.7. The third-order valence-electron chi connectivity index (χ3n) is 5.26. The van der Waals surface area contributed by atoms with Gasteiger partial charge in [0.2, 0.25) is 5.91 Å². The van der Waals surface area contributed by atoms with Gasteiger partial charge in [-0.3, -0.25) is 14.3 Å². The van der Waals surface area contributed by atoms with Crippen molar-refractivity contribution < 1.29 is 14.3 Å². The molecule has 1 fully saturated rings. The van der Waals surface area contributed by atoms with Gasteiger partial charge in [-0.15, -0.1) is 21.5 Å². The van der Waals surface area contributed by atoms with Crippen molar-refractivity contribution in [3.8, 4) is 34.1 Å². The lowest BCUT2D eigenvalue weighted by Gasteiger charge is -2.09. The zero-order valence-electron chi connectivity index (χ0n) is 18.6. The molecule has 1 aliphatic carbocycles. The molecule has 11 heteroatoms. The Hall–Kier alpha value is -3.44. The molecule has 0 atom stereocenters. The minimum absolute atomic E-state index is 0.152. The number of methoxy groups -OCH3 is 2. The number of carbonyl (C=O) groups is 1. The van der Waals surface area contributed by atoms with Crippen LogP contribution in [0.2, 0.25) is 0 Å². The summed E-state index contributed by atoms with van der Waals surface area (Å²) in [6, 6.07) is 9.76. The Morgan fingerprint density at radius 2 is 2.12 bits per heavy atom. The molecule has 34 heavy (non-hydrogen) atoms. The number of benzene rings is 1. The van der Waals surface area contributed by atoms with Crippen molar-refractivity contribution in [1.82, 2.24) is 24.7 Å². The van der Waals surface area contributed by atoms with Gasteiger partial charge in [0, 0.05) is 41.0 Å². The Kier molecular flexibility index (Phi) is 6.45. The first-order valence-corrected chi connectivity index (χ1v) is 12.5. The van der Waals surface area contributed by atoms with Gasteiger partial charge < -0.3 is 14.8 Å². The van der Waals surface area contributed by atoms with Crippen LogP contribution in [-0.4, -0.2) is 50.6 Å². The molecule has 0 unspecified atom stereocenters. The van der Waals surface area contributed by atoms with E-state index in [-0.39, 0.29) is 11.7 Å². The molecule has 3 aromatic heterocycles. The van der Waals surface area contributed by atoms with Crippen LogP contribution in [0.1, 0.15) is 18.9 Å². The molecule has 1 aromatic carbocycles. The van der Waals surface area contributed by atoms with Crippen molar-refractivity contribution in [2.45, 2.75) is 24.0 Å². The molecule has 0 bridgehead atoms. The topological polar surface area (TPSA) is 104 Å². The van der Waals surface area contributed by atoms with Crippen LogP contribution >= 0.6 is 23.1 Å². The van der Waals surface area contributed by atoms with Crippen LogP contribution < -0.4 is 14.8 Å². The molecule has 3 heterocycles. The zero-order valence-corrected chi connectivity index (χ0v) is 20.2. The first-order valence-electron chi connectivity index (χ1n) is 10.6. The summed E-state index contributed by atoms with van der Waals surface area (Å²) >= 11 is 2.74. The molecule has 0 spiro atoms. The molecule has 0 aliphatic heterocycles. The normalized spacial score (nSPS) is 13.0. The number of rotatable bonds is 9. The summed E-state index contributed by atoms with van der Waals surface area (Å²) in [5.41, 5.74) is 2.47. The SMILES string of the molecule is COc1ccc(-c2csc(NC(=O)CSc3nnc(-c4cccnc4)n3C3CC3)n2)c(OC)c1. The van der Waals surface area contributed by atoms with E-state index < -0.39 is 0 Å². The summed E-state index contributed by atoms with van der Waals surface area (Å²) in [7, 11) is 3.21. The highest BCUT2D eigenvalue weighted by molar-refractivity contribution is 7.99. The second-order valence-corrected chi connectivity index (χ2v) is 9.39. The number of anilines is 1. The standard InChI is InChI=1S/C23H22N6O3S2/c1-31-16-7-8-17(19(10-16)32-2)18-12-33-22(25-18)26-20(30)13-34-23-28-27-21(29(23)15-5-6-15)14-4-3-9-24-11-14/h3-4,7-12,15H,5-6,13H2,1-2H3,(H,25,26,30). The number of ether oxygens (including phenoxy) is 2. The second kappa shape index (κ2) is 9.82. The lowest BCUT2D eigenvalue weighted by molar-refractivity contribution is -0.113. The zero-order chi connectivity index (χ0) is 23.5. The third kappa shape index (κ3) is 4.75. The number of pyridine rings is 1. The summed E-state index contributed by atoms with van der Waals surface area (Å²) < 4.78 is 12.8. The number of hydrogen-bond donors (Lipinski definition) is 1. The van der Waals surface area contributed by atoms with Crippen LogP contribution in [0.3, 0.4) is 0 Å². The predicted octanol–water partition coefficient (Wildman–Crippen LogP) is 4.55. The molecule has 5 rings (SSSR count). The fourth-order valence-corrected chi connectivity index (χ4v) is 5.01. The van der Waals surface area contributed by atoms with Gasteiger partial charge in [0.05, 0.1) is 25.7 Å². The Bertz CT molecular complexity index is 1300. The van der Waals surface area contributed by atoms with Crippen LogP contribution in [0, 0.1) is 0 Å². The molecular formula is C23H22N6O3S2. The fourth-order valence-electron chi connectivity index (χ4n) is 3.48. The Morgan fingerprint density at radius 1 is 1.24 bits per heavy atom. The van der Waals surface area contributed by atoms with Crippen LogP contribution in [-0.2, 0) is 4.79 Å². The fraction of sp³-hybridized carbons (Fsp3) is 0.261. The quantitative estimate of drug-likeness (QED) is 0.338. The van der Waals surface area contributed by atoms with Crippen molar-refractivity contribution in [2.24, 2.45) is 0 Å². The van der Waals surface area contributed by atoms with E-state index in [0.717, 1.165) is 40.6 Å². The number of thiazole rings is 1. The maximum absolute atomic E-state index is 12.6. The van der Waals surface area contributed by atoms with E-state index >= 15 is 0 Å². The number of aromatic nitrogens is 5. The van der Waals surface area contributed by atoms with Gasteiger partial charge in [-0.2, -0.15) is 0 Å². The van der Waals surface area contributed by atoms with Crippen molar-refractivity contribution >= 4 is 34.1 Å². The van der Waals surface area contributed by atoms with Gasteiger partial charge in [-0.1, -0.05) is 11.8 Å². The highest BCUT2D eigenvalue weighted by Gasteiger charge is 2.30. The number of amides is 1. The number of carbonyl (C=O) groups excluding carboxylic acids is 1. The summed E-state index contributed by atoms with van der Waals surface area (Å²) in [6.07, 6.45) is 5.68. The number of thioether (sulfide) groups is 1. The molecule has 1 amide bonds. The van der Waals surface area contributed by atoms with Gasteiger partial charge in [-0.05, 0) is 37.1 Å². The lowest BCUT2D eigenvalue weighted by atomic mass is 10.1. The number of nitrogens with zero attached hydrogens (tertiary/aromatic N) is 5. The Morgan fingerprint density at radius 3 is 2.85 bits per heavy atom. The molecule has 9 nitrogen and oxygen atoms in total. The molecule has 174 valence electrons. The van der Waals surface area contributed by atoms with E-state index in [1.807, 2.05) is 29.6 Å². The van der Waals surface area contributed by atoms with Crippen LogP contribution in [0.5, 0.6) is 11.5 Å². The van der Waals surface area contributed by atoms with Crippen molar-refractivity contribution in [3.05, 3.63) is 48.1 Å². The van der Waals surface area contributed by atoms with Crippen LogP contribution in [0.4, 0.5) is 5.13 Å². The summed E-state index contributed by atoms with van der Waals surface area (Å²) in [6.45, 7) is 0. The van der Waals surface area contributed by atoms with E-state index in [2.05, 4.69) is 30.0 Å². The van der Waals surface area contributed by atoms with E-state index in [0.29, 0.717) is 22.7 Å². The Balaban J connectivity index is 1.25. The first kappa shape index (κ1) is 22.4. The maximum atomic E-state index is 12.6. The van der Waals surface area contributed by atoms with Gasteiger partial charge in [-0.25, -0.2) is 4.98 Å². The third-order valence-corrected chi connectivity index (χ3v) is 6.96. The average molecular weight is 495 g/mol. The predicted molar refractivity (Wildman–Crippen MR) is 132 cm³/mol. The van der Waals surface area contributed by atoms with E-state index in [1.54, 1.807) is 32.7 Å². The Labute approximate surface area is 204 Å². The van der Waals surface area contributed by atoms with Crippen molar-refractivity contribution in [1.29, 1.82) is 0 Å². The van der Waals surface area contributed by atoms with Crippen molar-refractivity contribution in [2.75, 3.05) is 25.3 Å². The highest BCUT2D eigenvalue weighted by Crippen LogP contribution is 2.41. The molecule has 4 aromatic rings. The number of hydrogen-bond acceptors (Lipinski definition) is 9. The summed E-state index contributed by atoms with van der Waals surface area (Å²) in [5, 5.41) is 14.7. The van der Waals surface area contributed by atoms with Crippen LogP contribution in [0.25, 0.3) is 22.6 Å². The minimum atomic E-state index is -0.152. The van der Waals surface area contributed by atoms with Gasteiger partial charge in [0.25, 0.3) is 0 Å². The number of nitrogens with one attached hydrogen (secondary N) is 1. The van der Waals surface area contributed by atoms with Crippen molar-refractivity contribution in [3.63, 3.8) is 0 Å². The largest absolute Gasteiger partial charge is 0.497 e. The van der Waals surface area contributed by atoms with Crippen LogP contribution in [0.15, 0.2) is 53.3 Å². The molecule has 1 saturated carbocycles. The van der Waals surface area contributed by atoms with E-state index in [4.69, 9.17) is 9.47 Å². The second-order valence-electron chi connectivity index (χ2n) is 7.59. The van der Waals surface area contributed by atoms with Gasteiger partial charge >= 0.3 is 0 Å². The monoisotopic (exact) mass is 494 g/mol. The summed E-state index contributed by atoms with van der Waals surface area (Å²) in [4.78, 5) is 21.4. The minimum Gasteiger partial charge on any atom is -0.497 e. The van der Waals surface area contributed by atoms with E-state index in [1.165, 1.54) is 23.1 Å². The molecule has 1 aliphatic rings. The summed E-state index contributed by atoms with van der Waals surface area (Å²) in [5.74, 6) is 2.20. The average Bonchev–Trinajstić information content (AvgIpc) is 3.46. The molecular weight excluding hydrogens is 472 g/mol. The highest BCUT2D eigenvalue weighted by atomic mass is 32.2. The van der Waals surface area contributed by atoms with Gasteiger partial charge in [0.1, 0.15) is 11.5 Å². The van der Waals surface area contributed by atoms with Gasteiger partial charge in [0.15, 0.2) is 16.1 Å². The molecule has 1 N–H and O–H groups in total. The molecule has 0 radical (unpaired) electrons. The van der Waals surface area contributed by atoms with E-state index in [9.17, 15) is 4.79 Å². The smallest absolute Gasteiger partial charge is 0.236 e. The lowest BCUT2D eigenvalue weighted by Crippen LogP contribution is -2.14. The maximum Gasteiger partial charge on any atom is 0.236 e.